The minimum Gasteiger partial charge on any atom is -0.332 e. The van der Waals surface area contributed by atoms with Crippen LogP contribution in [0.15, 0.2) is 89.8 Å². The molecule has 3 rings (SSSR count). The molecule has 3 aromatic carbocycles. The molecule has 0 heterocycles. The molecule has 0 aliphatic rings. The summed E-state index contributed by atoms with van der Waals surface area (Å²) in [4.78, 5) is 26.3. The smallest absolute Gasteiger partial charge is 0.261 e. The van der Waals surface area contributed by atoms with Gasteiger partial charge in [0.2, 0.25) is 5.91 Å². The molecular formula is C22H21N3O4S. The van der Waals surface area contributed by atoms with E-state index < -0.39 is 15.9 Å². The molecule has 3 aromatic rings. The number of rotatable bonds is 7. The van der Waals surface area contributed by atoms with Gasteiger partial charge in [-0.2, -0.15) is 0 Å². The summed E-state index contributed by atoms with van der Waals surface area (Å²) in [6.45, 7) is -0.145. The van der Waals surface area contributed by atoms with Gasteiger partial charge in [0.15, 0.2) is 0 Å². The van der Waals surface area contributed by atoms with Gasteiger partial charge in [-0.25, -0.2) is 8.42 Å². The number of para-hydroxylation sites is 1. The van der Waals surface area contributed by atoms with Crippen LogP contribution < -0.4 is 10.0 Å². The number of anilines is 2. The maximum atomic E-state index is 12.7. The number of sulfonamides is 1. The Morgan fingerprint density at radius 1 is 0.833 bits per heavy atom. The van der Waals surface area contributed by atoms with E-state index in [1.807, 2.05) is 6.07 Å². The maximum Gasteiger partial charge on any atom is 0.261 e. The summed E-state index contributed by atoms with van der Waals surface area (Å²) in [5.41, 5.74) is 1.16. The van der Waals surface area contributed by atoms with Gasteiger partial charge in [-0.1, -0.05) is 42.5 Å². The average Bonchev–Trinajstić information content (AvgIpc) is 2.74. The Labute approximate surface area is 175 Å². The number of carbonyl (C=O) groups excluding carboxylic acids is 2. The van der Waals surface area contributed by atoms with Gasteiger partial charge in [0.25, 0.3) is 15.9 Å². The Kier molecular flexibility index (Phi) is 6.48. The normalized spacial score (nSPS) is 10.8. The van der Waals surface area contributed by atoms with E-state index in [2.05, 4.69) is 10.0 Å². The van der Waals surface area contributed by atoms with Crippen LogP contribution in [0, 0.1) is 0 Å². The fraction of sp³-hybridized carbons (Fsp3) is 0.0909. The lowest BCUT2D eigenvalue weighted by Gasteiger charge is -2.17. The van der Waals surface area contributed by atoms with Crippen molar-refractivity contribution in [1.29, 1.82) is 0 Å². The Bertz CT molecular complexity index is 1130. The quantitative estimate of drug-likeness (QED) is 0.610. The highest BCUT2D eigenvalue weighted by Gasteiger charge is 2.17. The average molecular weight is 423 g/mol. The summed E-state index contributed by atoms with van der Waals surface area (Å²) in [6.07, 6.45) is 0. The van der Waals surface area contributed by atoms with Gasteiger partial charge in [-0.15, -0.1) is 0 Å². The second-order valence-electron chi connectivity index (χ2n) is 6.57. The lowest BCUT2D eigenvalue weighted by molar-refractivity contribution is -0.116. The van der Waals surface area contributed by atoms with E-state index >= 15 is 0 Å². The third kappa shape index (κ3) is 5.45. The zero-order valence-corrected chi connectivity index (χ0v) is 17.1. The van der Waals surface area contributed by atoms with Crippen molar-refractivity contribution in [2.24, 2.45) is 0 Å². The maximum absolute atomic E-state index is 12.7. The second kappa shape index (κ2) is 9.23. The van der Waals surface area contributed by atoms with Gasteiger partial charge >= 0.3 is 0 Å². The van der Waals surface area contributed by atoms with Crippen molar-refractivity contribution in [2.45, 2.75) is 4.90 Å². The topological polar surface area (TPSA) is 95.6 Å². The molecule has 0 unspecified atom stereocenters. The number of carbonyl (C=O) groups is 2. The molecule has 7 nitrogen and oxygen atoms in total. The summed E-state index contributed by atoms with van der Waals surface area (Å²) in [7, 11) is -2.26. The molecule has 2 amide bonds. The molecule has 0 fully saturated rings. The minimum atomic E-state index is -3.77. The van der Waals surface area contributed by atoms with Crippen molar-refractivity contribution in [2.75, 3.05) is 23.6 Å². The number of nitrogens with one attached hydrogen (secondary N) is 2. The lowest BCUT2D eigenvalue weighted by atomic mass is 10.2. The van der Waals surface area contributed by atoms with E-state index in [0.29, 0.717) is 5.69 Å². The van der Waals surface area contributed by atoms with Crippen molar-refractivity contribution in [3.63, 3.8) is 0 Å². The van der Waals surface area contributed by atoms with Crippen LogP contribution in [0.25, 0.3) is 0 Å². The predicted molar refractivity (Wildman–Crippen MR) is 116 cm³/mol. The van der Waals surface area contributed by atoms with Gasteiger partial charge in [0.05, 0.1) is 11.4 Å². The lowest BCUT2D eigenvalue weighted by Crippen LogP contribution is -2.35. The van der Waals surface area contributed by atoms with Crippen LogP contribution in [0.1, 0.15) is 10.4 Å². The molecule has 0 spiro atoms. The molecule has 0 saturated carbocycles. The summed E-state index contributed by atoms with van der Waals surface area (Å²) in [6, 6.07) is 23.0. The highest BCUT2D eigenvalue weighted by atomic mass is 32.2. The van der Waals surface area contributed by atoms with Gasteiger partial charge in [-0.3, -0.25) is 14.3 Å². The predicted octanol–water partition coefficient (Wildman–Crippen LogP) is 3.20. The molecule has 0 aromatic heterocycles. The van der Waals surface area contributed by atoms with Gasteiger partial charge in [-0.05, 0) is 42.5 Å². The first-order valence-electron chi connectivity index (χ1n) is 9.13. The van der Waals surface area contributed by atoms with E-state index in [-0.39, 0.29) is 28.6 Å². The molecule has 0 saturated heterocycles. The monoisotopic (exact) mass is 423 g/mol. The third-order valence-electron chi connectivity index (χ3n) is 4.20. The summed E-state index contributed by atoms with van der Waals surface area (Å²) < 4.78 is 27.4. The van der Waals surface area contributed by atoms with Crippen LogP contribution in [0.3, 0.4) is 0 Å². The van der Waals surface area contributed by atoms with Crippen LogP contribution in [0.5, 0.6) is 0 Å². The van der Waals surface area contributed by atoms with E-state index in [9.17, 15) is 18.0 Å². The van der Waals surface area contributed by atoms with E-state index in [4.69, 9.17) is 0 Å². The van der Waals surface area contributed by atoms with Gasteiger partial charge in [0, 0.05) is 24.0 Å². The molecule has 0 radical (unpaired) electrons. The van der Waals surface area contributed by atoms with Crippen molar-refractivity contribution < 1.29 is 18.0 Å². The zero-order chi connectivity index (χ0) is 21.6. The molecule has 2 N–H and O–H groups in total. The Morgan fingerprint density at radius 3 is 2.10 bits per heavy atom. The van der Waals surface area contributed by atoms with E-state index in [1.165, 1.54) is 30.1 Å². The molecule has 0 bridgehead atoms. The summed E-state index contributed by atoms with van der Waals surface area (Å²) in [5.74, 6) is -0.739. The summed E-state index contributed by atoms with van der Waals surface area (Å²) in [5, 5.41) is 2.72. The second-order valence-corrected chi connectivity index (χ2v) is 8.26. The van der Waals surface area contributed by atoms with Crippen LogP contribution in [0.2, 0.25) is 0 Å². The standard InChI is InChI=1S/C22H21N3O4S/c1-25(16-21(26)23-18-10-4-2-5-11-18)22(27)17-9-8-12-19(15-17)24-30(28,29)20-13-6-3-7-14-20/h2-15,24H,16H2,1H3,(H,23,26). The largest absolute Gasteiger partial charge is 0.332 e. The molecule has 0 aliphatic carbocycles. The van der Waals surface area contributed by atoms with Crippen molar-refractivity contribution in [3.8, 4) is 0 Å². The van der Waals surface area contributed by atoms with Crippen LogP contribution in [0.4, 0.5) is 11.4 Å². The fourth-order valence-corrected chi connectivity index (χ4v) is 3.83. The minimum absolute atomic E-state index is 0.122. The number of hydrogen-bond acceptors (Lipinski definition) is 4. The van der Waals surface area contributed by atoms with Crippen molar-refractivity contribution in [3.05, 3.63) is 90.5 Å². The van der Waals surface area contributed by atoms with Gasteiger partial charge < -0.3 is 10.2 Å². The molecule has 0 aliphatic heterocycles. The molecule has 8 heteroatoms. The van der Waals surface area contributed by atoms with Crippen LogP contribution in [-0.2, 0) is 14.8 Å². The number of likely N-dealkylation sites (N-methyl/N-ethyl adjacent to an activating group) is 1. The molecule has 0 atom stereocenters. The molecule has 154 valence electrons. The Balaban J connectivity index is 1.67. The van der Waals surface area contributed by atoms with Crippen molar-refractivity contribution in [1.82, 2.24) is 4.90 Å². The summed E-state index contributed by atoms with van der Waals surface area (Å²) >= 11 is 0. The SMILES string of the molecule is CN(CC(=O)Nc1ccccc1)C(=O)c1cccc(NS(=O)(=O)c2ccccc2)c1. The number of nitrogens with zero attached hydrogens (tertiary/aromatic N) is 1. The highest BCUT2D eigenvalue weighted by molar-refractivity contribution is 7.92. The number of benzene rings is 3. The van der Waals surface area contributed by atoms with Gasteiger partial charge in [0.1, 0.15) is 0 Å². The number of amides is 2. The molecule has 30 heavy (non-hydrogen) atoms. The van der Waals surface area contributed by atoms with E-state index in [1.54, 1.807) is 60.7 Å². The van der Waals surface area contributed by atoms with Crippen LogP contribution >= 0.6 is 0 Å². The van der Waals surface area contributed by atoms with Crippen molar-refractivity contribution >= 4 is 33.2 Å². The zero-order valence-electron chi connectivity index (χ0n) is 16.3. The first-order valence-corrected chi connectivity index (χ1v) is 10.6. The first-order chi connectivity index (χ1) is 14.3. The third-order valence-corrected chi connectivity index (χ3v) is 5.60. The fourth-order valence-electron chi connectivity index (χ4n) is 2.76. The first kappa shape index (κ1) is 21.1. The Hall–Kier alpha value is -3.65. The van der Waals surface area contributed by atoms with Crippen LogP contribution in [-0.4, -0.2) is 38.7 Å². The highest BCUT2D eigenvalue weighted by Crippen LogP contribution is 2.18. The Morgan fingerprint density at radius 2 is 1.43 bits per heavy atom. The van der Waals surface area contributed by atoms with E-state index in [0.717, 1.165) is 0 Å². The molecular weight excluding hydrogens is 402 g/mol. The number of hydrogen-bond donors (Lipinski definition) is 2.